The third-order valence-electron chi connectivity index (χ3n) is 4.65. The molecule has 1 saturated heterocycles. The first-order valence-electron chi connectivity index (χ1n) is 8.41. The zero-order valence-electron chi connectivity index (χ0n) is 14.1. The number of halogens is 2. The molecule has 0 saturated carbocycles. The van der Waals surface area contributed by atoms with Crippen molar-refractivity contribution in [3.8, 4) is 0 Å². The van der Waals surface area contributed by atoms with Gasteiger partial charge in [-0.1, -0.05) is 53.5 Å². The van der Waals surface area contributed by atoms with E-state index in [0.29, 0.717) is 16.6 Å². The Balaban J connectivity index is 1.77. The Morgan fingerprint density at radius 2 is 1.84 bits per heavy atom. The molecule has 0 aromatic heterocycles. The average molecular weight is 378 g/mol. The number of ether oxygens (including phenoxy) is 1. The lowest BCUT2D eigenvalue weighted by molar-refractivity contribution is -0.143. The molecule has 3 nitrogen and oxygen atoms in total. The van der Waals surface area contributed by atoms with E-state index in [0.717, 1.165) is 30.5 Å². The lowest BCUT2D eigenvalue weighted by Crippen LogP contribution is -2.42. The number of methoxy groups -OCH3 is 1. The molecule has 2 unspecified atom stereocenters. The van der Waals surface area contributed by atoms with Crippen molar-refractivity contribution in [3.63, 3.8) is 0 Å². The summed E-state index contributed by atoms with van der Waals surface area (Å²) in [6.07, 6.45) is 1.40. The first kappa shape index (κ1) is 18.2. The lowest BCUT2D eigenvalue weighted by Gasteiger charge is -2.35. The molecule has 3 rings (SSSR count). The minimum Gasteiger partial charge on any atom is -0.367 e. The molecular weight excluding hydrogens is 357 g/mol. The van der Waals surface area contributed by atoms with Crippen LogP contribution in [0.15, 0.2) is 48.5 Å². The summed E-state index contributed by atoms with van der Waals surface area (Å²) in [5.74, 6) is 0.244. The lowest BCUT2D eigenvalue weighted by atomic mass is 9.90. The fraction of sp³-hybridized carbons (Fsp3) is 0.350. The van der Waals surface area contributed by atoms with Gasteiger partial charge in [-0.15, -0.1) is 0 Å². The number of carbonyl (C=O) groups excluding carboxylic acids is 1. The van der Waals surface area contributed by atoms with Crippen LogP contribution < -0.4 is 0 Å². The Morgan fingerprint density at radius 3 is 2.48 bits per heavy atom. The van der Waals surface area contributed by atoms with Crippen LogP contribution >= 0.6 is 23.2 Å². The number of benzene rings is 2. The van der Waals surface area contributed by atoms with E-state index in [1.807, 2.05) is 47.4 Å². The minimum absolute atomic E-state index is 0.00604. The Hall–Kier alpha value is -1.55. The molecule has 1 aliphatic rings. The number of nitrogens with zero attached hydrogens (tertiary/aromatic N) is 1. The van der Waals surface area contributed by atoms with Gasteiger partial charge in [-0.05, 0) is 42.2 Å². The molecule has 0 aliphatic carbocycles. The summed E-state index contributed by atoms with van der Waals surface area (Å²) in [4.78, 5) is 14.9. The quantitative estimate of drug-likeness (QED) is 0.742. The van der Waals surface area contributed by atoms with E-state index in [1.54, 1.807) is 13.2 Å². The average Bonchev–Trinajstić information content (AvgIpc) is 2.62. The topological polar surface area (TPSA) is 29.5 Å². The molecule has 2 atom stereocenters. The van der Waals surface area contributed by atoms with Gasteiger partial charge < -0.3 is 9.64 Å². The Kier molecular flexibility index (Phi) is 6.00. The summed E-state index contributed by atoms with van der Waals surface area (Å²) >= 11 is 12.3. The summed E-state index contributed by atoms with van der Waals surface area (Å²) in [6.45, 7) is 1.40. The highest BCUT2D eigenvalue weighted by Gasteiger charge is 2.30. The molecule has 0 radical (unpaired) electrons. The molecule has 2 aromatic rings. The third-order valence-corrected chi connectivity index (χ3v) is 5.09. The Bertz CT molecular complexity index is 715. The molecule has 132 valence electrons. The maximum Gasteiger partial charge on any atom is 0.256 e. The summed E-state index contributed by atoms with van der Waals surface area (Å²) in [5.41, 5.74) is 1.96. The van der Waals surface area contributed by atoms with Crippen molar-refractivity contribution >= 4 is 29.1 Å². The highest BCUT2D eigenvalue weighted by Crippen LogP contribution is 2.32. The van der Waals surface area contributed by atoms with Crippen molar-refractivity contribution in [2.45, 2.75) is 24.9 Å². The van der Waals surface area contributed by atoms with Crippen LogP contribution in [0.1, 0.15) is 36.0 Å². The minimum atomic E-state index is -0.567. The first-order valence-corrected chi connectivity index (χ1v) is 9.16. The van der Waals surface area contributed by atoms with Crippen molar-refractivity contribution in [3.05, 3.63) is 69.7 Å². The predicted octanol–water partition coefficient (Wildman–Crippen LogP) is 5.09. The van der Waals surface area contributed by atoms with Gasteiger partial charge in [-0.3, -0.25) is 4.79 Å². The van der Waals surface area contributed by atoms with Gasteiger partial charge >= 0.3 is 0 Å². The smallest absolute Gasteiger partial charge is 0.256 e. The van der Waals surface area contributed by atoms with Crippen LogP contribution in [0, 0.1) is 0 Å². The second-order valence-electron chi connectivity index (χ2n) is 6.35. The second kappa shape index (κ2) is 8.22. The van der Waals surface area contributed by atoms with E-state index < -0.39 is 6.10 Å². The molecule has 5 heteroatoms. The SMILES string of the molecule is COC(C(=O)N1CCCC(c2cc(Cl)cc(Cl)c2)C1)c1ccccc1. The zero-order chi connectivity index (χ0) is 17.8. The maximum atomic E-state index is 13.0. The summed E-state index contributed by atoms with van der Waals surface area (Å²) in [6, 6.07) is 15.2. The van der Waals surface area contributed by atoms with Crippen molar-refractivity contribution in [1.29, 1.82) is 0 Å². The number of piperidine rings is 1. The van der Waals surface area contributed by atoms with Gasteiger partial charge in [0.1, 0.15) is 0 Å². The third kappa shape index (κ3) is 4.35. The summed E-state index contributed by atoms with van der Waals surface area (Å²) in [7, 11) is 1.58. The van der Waals surface area contributed by atoms with E-state index >= 15 is 0 Å². The van der Waals surface area contributed by atoms with Crippen LogP contribution in [0.25, 0.3) is 0 Å². The van der Waals surface area contributed by atoms with Gasteiger partial charge in [0.25, 0.3) is 5.91 Å². The molecule has 0 bridgehead atoms. The van der Waals surface area contributed by atoms with Gasteiger partial charge in [0.05, 0.1) is 0 Å². The molecular formula is C20H21Cl2NO2. The van der Waals surface area contributed by atoms with Crippen LogP contribution in [0.4, 0.5) is 0 Å². The Morgan fingerprint density at radius 1 is 1.16 bits per heavy atom. The van der Waals surface area contributed by atoms with Crippen LogP contribution in [0.5, 0.6) is 0 Å². The summed E-state index contributed by atoms with van der Waals surface area (Å²) < 4.78 is 5.50. The molecule has 25 heavy (non-hydrogen) atoms. The highest BCUT2D eigenvalue weighted by molar-refractivity contribution is 6.34. The number of likely N-dealkylation sites (tertiary alicyclic amines) is 1. The maximum absolute atomic E-state index is 13.0. The number of amides is 1. The second-order valence-corrected chi connectivity index (χ2v) is 7.23. The molecule has 1 heterocycles. The fourth-order valence-corrected chi connectivity index (χ4v) is 3.98. The monoisotopic (exact) mass is 377 g/mol. The number of carbonyl (C=O) groups is 1. The number of hydrogen-bond acceptors (Lipinski definition) is 2. The number of rotatable bonds is 4. The molecule has 0 spiro atoms. The van der Waals surface area contributed by atoms with E-state index in [-0.39, 0.29) is 11.8 Å². The molecule has 0 N–H and O–H groups in total. The zero-order valence-corrected chi connectivity index (χ0v) is 15.6. The number of hydrogen-bond donors (Lipinski definition) is 0. The van der Waals surface area contributed by atoms with E-state index in [2.05, 4.69) is 0 Å². The van der Waals surface area contributed by atoms with Crippen molar-refractivity contribution in [2.75, 3.05) is 20.2 Å². The largest absolute Gasteiger partial charge is 0.367 e. The normalized spacial score (nSPS) is 18.8. The van der Waals surface area contributed by atoms with Crippen LogP contribution in [-0.4, -0.2) is 31.0 Å². The van der Waals surface area contributed by atoms with Crippen molar-refractivity contribution < 1.29 is 9.53 Å². The van der Waals surface area contributed by atoms with Gasteiger partial charge in [0.2, 0.25) is 0 Å². The van der Waals surface area contributed by atoms with Crippen molar-refractivity contribution in [1.82, 2.24) is 4.90 Å². The molecule has 2 aromatic carbocycles. The first-order chi connectivity index (χ1) is 12.1. The molecule has 1 aliphatic heterocycles. The fourth-order valence-electron chi connectivity index (χ4n) is 3.43. The van der Waals surface area contributed by atoms with Gasteiger partial charge in [-0.2, -0.15) is 0 Å². The van der Waals surface area contributed by atoms with E-state index in [9.17, 15) is 4.79 Å². The van der Waals surface area contributed by atoms with Crippen LogP contribution in [0.2, 0.25) is 10.0 Å². The highest BCUT2D eigenvalue weighted by atomic mass is 35.5. The van der Waals surface area contributed by atoms with Crippen LogP contribution in [0.3, 0.4) is 0 Å². The standard InChI is InChI=1S/C20H21Cl2NO2/c1-25-19(14-6-3-2-4-7-14)20(24)23-9-5-8-15(13-23)16-10-17(21)12-18(22)11-16/h2-4,6-7,10-12,15,19H,5,8-9,13H2,1H3. The van der Waals surface area contributed by atoms with Crippen LogP contribution in [-0.2, 0) is 9.53 Å². The van der Waals surface area contributed by atoms with E-state index in [4.69, 9.17) is 27.9 Å². The molecule has 1 fully saturated rings. The Labute approximate surface area is 158 Å². The summed E-state index contributed by atoms with van der Waals surface area (Å²) in [5, 5.41) is 1.26. The van der Waals surface area contributed by atoms with Gasteiger partial charge in [0.15, 0.2) is 6.10 Å². The molecule has 1 amide bonds. The van der Waals surface area contributed by atoms with Crippen molar-refractivity contribution in [2.24, 2.45) is 0 Å². The van der Waals surface area contributed by atoms with E-state index in [1.165, 1.54) is 0 Å². The van der Waals surface area contributed by atoms with Gasteiger partial charge in [0, 0.05) is 36.2 Å². The van der Waals surface area contributed by atoms with Gasteiger partial charge in [-0.25, -0.2) is 0 Å². The predicted molar refractivity (Wildman–Crippen MR) is 101 cm³/mol.